The van der Waals surface area contributed by atoms with Crippen LogP contribution in [0.5, 0.6) is 0 Å². The van der Waals surface area contributed by atoms with Crippen molar-refractivity contribution in [3.63, 3.8) is 0 Å². The number of carbonyl (C=O) groups excluding carboxylic acids is 1. The van der Waals surface area contributed by atoms with Crippen LogP contribution in [0.2, 0.25) is 0 Å². The van der Waals surface area contributed by atoms with Crippen molar-refractivity contribution < 1.29 is 9.53 Å². The number of carbonyl (C=O) groups is 1. The quantitative estimate of drug-likeness (QED) is 0.454. The highest BCUT2D eigenvalue weighted by atomic mass is 16.5. The van der Waals surface area contributed by atoms with Gasteiger partial charge in [0.25, 0.3) is 5.91 Å². The highest BCUT2D eigenvalue weighted by Crippen LogP contribution is 2.19. The molecule has 2 aromatic heterocycles. The van der Waals surface area contributed by atoms with E-state index < -0.39 is 0 Å². The van der Waals surface area contributed by atoms with Crippen LogP contribution in [0.3, 0.4) is 0 Å². The monoisotopic (exact) mass is 464 g/mol. The first-order valence-corrected chi connectivity index (χ1v) is 11.8. The number of ether oxygens (including phenoxy) is 1. The Morgan fingerprint density at radius 2 is 1.89 bits per heavy atom. The Balaban J connectivity index is 1.31. The second-order valence-corrected chi connectivity index (χ2v) is 8.84. The molecule has 1 fully saturated rings. The third-order valence-corrected chi connectivity index (χ3v) is 6.34. The van der Waals surface area contributed by atoms with E-state index in [9.17, 15) is 4.79 Å². The molecule has 2 aromatic carbocycles. The van der Waals surface area contributed by atoms with Gasteiger partial charge < -0.3 is 10.1 Å². The molecule has 35 heavy (non-hydrogen) atoms. The van der Waals surface area contributed by atoms with Gasteiger partial charge >= 0.3 is 0 Å². The average Bonchev–Trinajstić information content (AvgIpc) is 3.29. The van der Waals surface area contributed by atoms with Crippen LogP contribution in [0.25, 0.3) is 5.65 Å². The third-order valence-electron chi connectivity index (χ3n) is 6.34. The lowest BCUT2D eigenvalue weighted by molar-refractivity contribution is 0.0341. The summed E-state index contributed by atoms with van der Waals surface area (Å²) in [5, 5.41) is 3.04. The second-order valence-electron chi connectivity index (χ2n) is 8.84. The summed E-state index contributed by atoms with van der Waals surface area (Å²) in [6.07, 6.45) is 3.70. The van der Waals surface area contributed by atoms with Crippen molar-refractivity contribution in [2.45, 2.75) is 20.4 Å². The Kier molecular flexibility index (Phi) is 6.62. The van der Waals surface area contributed by atoms with Crippen LogP contribution in [0, 0.1) is 25.7 Å². The maximum absolute atomic E-state index is 13.0. The fourth-order valence-electron chi connectivity index (χ4n) is 4.21. The molecule has 0 unspecified atom stereocenters. The molecule has 6 heteroatoms. The molecule has 5 rings (SSSR count). The Hall–Kier alpha value is -3.92. The maximum atomic E-state index is 13.0. The van der Waals surface area contributed by atoms with E-state index in [0.29, 0.717) is 5.56 Å². The first-order chi connectivity index (χ1) is 17.1. The van der Waals surface area contributed by atoms with Gasteiger partial charge in [0.2, 0.25) is 0 Å². The van der Waals surface area contributed by atoms with Gasteiger partial charge in [0.05, 0.1) is 19.4 Å². The molecule has 1 aliphatic heterocycles. The number of amides is 1. The van der Waals surface area contributed by atoms with E-state index in [0.717, 1.165) is 66.6 Å². The molecule has 1 amide bonds. The molecular weight excluding hydrogens is 436 g/mol. The van der Waals surface area contributed by atoms with Crippen molar-refractivity contribution >= 4 is 17.2 Å². The fourth-order valence-corrected chi connectivity index (χ4v) is 4.21. The summed E-state index contributed by atoms with van der Waals surface area (Å²) >= 11 is 0. The number of anilines is 1. The lowest BCUT2D eigenvalue weighted by Gasteiger charge is -2.27. The summed E-state index contributed by atoms with van der Waals surface area (Å²) in [7, 11) is 0. The minimum atomic E-state index is -0.150. The summed E-state index contributed by atoms with van der Waals surface area (Å²) < 4.78 is 7.39. The zero-order chi connectivity index (χ0) is 24.2. The van der Waals surface area contributed by atoms with Crippen LogP contribution in [0.4, 0.5) is 5.69 Å². The first kappa shape index (κ1) is 22.9. The van der Waals surface area contributed by atoms with Crippen molar-refractivity contribution in [3.8, 4) is 11.8 Å². The Labute approximate surface area is 205 Å². The molecule has 4 aromatic rings. The van der Waals surface area contributed by atoms with E-state index in [1.807, 2.05) is 66.1 Å². The number of nitrogens with one attached hydrogen (secondary N) is 1. The van der Waals surface area contributed by atoms with Crippen LogP contribution >= 0.6 is 0 Å². The SMILES string of the molecule is Cc1ccc(C(=O)Nc2ccc(CN3CCOCC3)c(C)c2)cc1C#Cc1cnc2ccccn12. The first-order valence-electron chi connectivity index (χ1n) is 11.8. The van der Waals surface area contributed by atoms with E-state index in [-0.39, 0.29) is 5.91 Å². The number of pyridine rings is 1. The van der Waals surface area contributed by atoms with E-state index in [1.165, 1.54) is 5.56 Å². The Morgan fingerprint density at radius 1 is 1.03 bits per heavy atom. The number of morpholine rings is 1. The van der Waals surface area contributed by atoms with Gasteiger partial charge in [0.1, 0.15) is 11.3 Å². The Morgan fingerprint density at radius 3 is 2.71 bits per heavy atom. The molecule has 0 spiro atoms. The van der Waals surface area contributed by atoms with Crippen LogP contribution in [-0.4, -0.2) is 46.5 Å². The summed E-state index contributed by atoms with van der Waals surface area (Å²) in [6.45, 7) is 8.46. The number of aromatic nitrogens is 2. The molecule has 176 valence electrons. The van der Waals surface area contributed by atoms with Crippen LogP contribution in [0.1, 0.15) is 38.3 Å². The maximum Gasteiger partial charge on any atom is 0.255 e. The summed E-state index contributed by atoms with van der Waals surface area (Å²) in [6, 6.07) is 17.6. The minimum absolute atomic E-state index is 0.150. The van der Waals surface area contributed by atoms with Gasteiger partial charge in [0.15, 0.2) is 0 Å². The topological polar surface area (TPSA) is 58.9 Å². The van der Waals surface area contributed by atoms with Gasteiger partial charge in [-0.05, 0) is 72.9 Å². The lowest BCUT2D eigenvalue weighted by atomic mass is 10.0. The predicted molar refractivity (Wildman–Crippen MR) is 138 cm³/mol. The van der Waals surface area contributed by atoms with Crippen LogP contribution in [0.15, 0.2) is 67.0 Å². The molecule has 0 bridgehead atoms. The second kappa shape index (κ2) is 10.1. The molecule has 0 radical (unpaired) electrons. The van der Waals surface area contributed by atoms with Crippen LogP contribution in [-0.2, 0) is 11.3 Å². The number of rotatable bonds is 4. The molecule has 6 nitrogen and oxygen atoms in total. The third kappa shape index (κ3) is 5.27. The number of nitrogens with zero attached hydrogens (tertiary/aromatic N) is 3. The fraction of sp³-hybridized carbons (Fsp3) is 0.241. The molecule has 0 atom stereocenters. The highest BCUT2D eigenvalue weighted by molar-refractivity contribution is 6.04. The van der Waals surface area contributed by atoms with Gasteiger partial charge in [-0.15, -0.1) is 0 Å². The highest BCUT2D eigenvalue weighted by Gasteiger charge is 2.13. The zero-order valence-electron chi connectivity index (χ0n) is 20.0. The van der Waals surface area contributed by atoms with Crippen molar-refractivity contribution in [1.29, 1.82) is 0 Å². The Bertz CT molecular complexity index is 1440. The van der Waals surface area contributed by atoms with E-state index in [2.05, 4.69) is 40.0 Å². The molecule has 0 aliphatic carbocycles. The van der Waals surface area contributed by atoms with E-state index >= 15 is 0 Å². The smallest absolute Gasteiger partial charge is 0.255 e. The number of aryl methyl sites for hydroxylation is 2. The number of benzene rings is 2. The normalized spacial score (nSPS) is 13.9. The van der Waals surface area contributed by atoms with Crippen LogP contribution < -0.4 is 5.32 Å². The zero-order valence-corrected chi connectivity index (χ0v) is 20.0. The number of hydrogen-bond donors (Lipinski definition) is 1. The largest absolute Gasteiger partial charge is 0.379 e. The van der Waals surface area contributed by atoms with Gasteiger partial charge in [-0.1, -0.05) is 24.1 Å². The van der Waals surface area contributed by atoms with Gasteiger partial charge in [-0.3, -0.25) is 14.1 Å². The molecule has 3 heterocycles. The van der Waals surface area contributed by atoms with E-state index in [1.54, 1.807) is 6.20 Å². The number of hydrogen-bond acceptors (Lipinski definition) is 4. The molecular formula is C29H28N4O2. The van der Waals surface area contributed by atoms with Gasteiger partial charge in [-0.25, -0.2) is 4.98 Å². The lowest BCUT2D eigenvalue weighted by Crippen LogP contribution is -2.35. The molecule has 1 aliphatic rings. The summed E-state index contributed by atoms with van der Waals surface area (Å²) in [5.74, 6) is 6.26. The standard InChI is InChI=1S/C29H28N4O2/c1-21-6-7-24(18-23(21)9-11-27-19-30-28-5-3-4-12-33(27)28)29(34)31-26-10-8-25(22(2)17-26)20-32-13-15-35-16-14-32/h3-8,10,12,17-19H,13-16,20H2,1-2H3,(H,31,34). The number of imidazole rings is 1. The van der Waals surface area contributed by atoms with Crippen molar-refractivity contribution in [2.24, 2.45) is 0 Å². The van der Waals surface area contributed by atoms with Crippen molar-refractivity contribution in [2.75, 3.05) is 31.6 Å². The number of fused-ring (bicyclic) bond motifs is 1. The summed E-state index contributed by atoms with van der Waals surface area (Å²) in [5.41, 5.74) is 7.30. The average molecular weight is 465 g/mol. The summed E-state index contributed by atoms with van der Waals surface area (Å²) in [4.78, 5) is 19.8. The van der Waals surface area contributed by atoms with Gasteiger partial charge in [-0.2, -0.15) is 0 Å². The van der Waals surface area contributed by atoms with Crippen molar-refractivity contribution in [1.82, 2.24) is 14.3 Å². The van der Waals surface area contributed by atoms with Crippen molar-refractivity contribution in [3.05, 3.63) is 101 Å². The van der Waals surface area contributed by atoms with E-state index in [4.69, 9.17) is 4.74 Å². The minimum Gasteiger partial charge on any atom is -0.379 e. The molecule has 1 N–H and O–H groups in total. The molecule has 1 saturated heterocycles. The molecule has 0 saturated carbocycles. The predicted octanol–water partition coefficient (Wildman–Crippen LogP) is 4.44. The van der Waals surface area contributed by atoms with Gasteiger partial charge in [0, 0.05) is 42.6 Å².